The lowest BCUT2D eigenvalue weighted by Crippen LogP contribution is -2.33. The monoisotopic (exact) mass is 381 g/mol. The van der Waals surface area contributed by atoms with Gasteiger partial charge in [0.15, 0.2) is 0 Å². The van der Waals surface area contributed by atoms with Crippen molar-refractivity contribution in [2.45, 2.75) is 19.1 Å². The predicted molar refractivity (Wildman–Crippen MR) is 109 cm³/mol. The lowest BCUT2D eigenvalue weighted by molar-refractivity contribution is -0.136. The fourth-order valence-corrected chi connectivity index (χ4v) is 4.04. The normalized spacial score (nSPS) is 14.3. The first-order chi connectivity index (χ1) is 13.2. The van der Waals surface area contributed by atoms with E-state index in [1.165, 1.54) is 16.7 Å². The molecule has 1 aliphatic rings. The highest BCUT2D eigenvalue weighted by atomic mass is 32.2. The number of rotatable bonds is 9. The predicted octanol–water partition coefficient (Wildman–Crippen LogP) is 4.13. The van der Waals surface area contributed by atoms with Gasteiger partial charge in [-0.3, -0.25) is 14.5 Å². The van der Waals surface area contributed by atoms with Crippen LogP contribution in [0.15, 0.2) is 65.6 Å². The van der Waals surface area contributed by atoms with Gasteiger partial charge in [-0.2, -0.15) is 0 Å². The third-order valence-corrected chi connectivity index (χ3v) is 5.43. The molecule has 0 radical (unpaired) electrons. The SMILES string of the molecule is CCOCCCN1C(=O)C(SCc2ccccc2)=C(c2ccccc2)C1=O. The Bertz CT molecular complexity index is 818. The fraction of sp³-hybridized carbons (Fsp3) is 0.273. The number of ether oxygens (including phenoxy) is 1. The molecule has 0 atom stereocenters. The molecule has 3 rings (SSSR count). The molecule has 2 aromatic rings. The van der Waals surface area contributed by atoms with Gasteiger partial charge < -0.3 is 4.74 Å². The number of hydrogen-bond donors (Lipinski definition) is 0. The van der Waals surface area contributed by atoms with Crippen LogP contribution >= 0.6 is 11.8 Å². The van der Waals surface area contributed by atoms with Crippen molar-refractivity contribution in [3.63, 3.8) is 0 Å². The van der Waals surface area contributed by atoms with Crippen molar-refractivity contribution >= 4 is 29.1 Å². The van der Waals surface area contributed by atoms with Crippen LogP contribution in [-0.2, 0) is 20.1 Å². The maximum Gasteiger partial charge on any atom is 0.267 e. The molecule has 2 amide bonds. The van der Waals surface area contributed by atoms with E-state index in [2.05, 4.69) is 0 Å². The van der Waals surface area contributed by atoms with Gasteiger partial charge in [0.2, 0.25) is 0 Å². The van der Waals surface area contributed by atoms with Crippen molar-refractivity contribution in [1.29, 1.82) is 0 Å². The molecule has 0 unspecified atom stereocenters. The summed E-state index contributed by atoms with van der Waals surface area (Å²) in [4.78, 5) is 27.9. The standard InChI is InChI=1S/C22H23NO3S/c1-2-26-15-9-14-23-21(24)19(18-12-7-4-8-13-18)20(22(23)25)27-16-17-10-5-3-6-11-17/h3-8,10-13H,2,9,14-16H2,1H3. The van der Waals surface area contributed by atoms with E-state index >= 15 is 0 Å². The molecule has 1 aliphatic heterocycles. The molecule has 0 saturated carbocycles. The molecule has 0 aliphatic carbocycles. The Morgan fingerprint density at radius 1 is 0.926 bits per heavy atom. The van der Waals surface area contributed by atoms with Gasteiger partial charge in [-0.1, -0.05) is 60.7 Å². The van der Waals surface area contributed by atoms with Crippen LogP contribution in [0, 0.1) is 0 Å². The Labute approximate surface area is 164 Å². The number of carbonyl (C=O) groups is 2. The molecule has 0 fully saturated rings. The van der Waals surface area contributed by atoms with Crippen LogP contribution in [0.1, 0.15) is 24.5 Å². The molecule has 0 N–H and O–H groups in total. The minimum Gasteiger partial charge on any atom is -0.382 e. The Hall–Kier alpha value is -2.37. The van der Waals surface area contributed by atoms with E-state index in [1.54, 1.807) is 0 Å². The smallest absolute Gasteiger partial charge is 0.267 e. The number of benzene rings is 2. The summed E-state index contributed by atoms with van der Waals surface area (Å²) in [5, 5.41) is 0. The summed E-state index contributed by atoms with van der Waals surface area (Å²) in [7, 11) is 0. The highest BCUT2D eigenvalue weighted by Gasteiger charge is 2.38. The molecule has 4 nitrogen and oxygen atoms in total. The topological polar surface area (TPSA) is 46.6 Å². The van der Waals surface area contributed by atoms with E-state index in [1.807, 2.05) is 67.6 Å². The number of hydrogen-bond acceptors (Lipinski definition) is 4. The average Bonchev–Trinajstić information content (AvgIpc) is 2.95. The van der Waals surface area contributed by atoms with Crippen molar-refractivity contribution in [2.24, 2.45) is 0 Å². The summed E-state index contributed by atoms with van der Waals surface area (Å²) in [6.45, 7) is 3.48. The maximum atomic E-state index is 13.0. The van der Waals surface area contributed by atoms with E-state index < -0.39 is 0 Å². The van der Waals surface area contributed by atoms with Crippen LogP contribution in [-0.4, -0.2) is 36.5 Å². The van der Waals surface area contributed by atoms with Gasteiger partial charge in [-0.05, 0) is 24.5 Å². The number of nitrogens with zero attached hydrogens (tertiary/aromatic N) is 1. The van der Waals surface area contributed by atoms with Crippen molar-refractivity contribution in [2.75, 3.05) is 19.8 Å². The summed E-state index contributed by atoms with van der Waals surface area (Å²) in [5.74, 6) is 0.243. The van der Waals surface area contributed by atoms with E-state index in [0.717, 1.165) is 11.1 Å². The maximum absolute atomic E-state index is 13.0. The third-order valence-electron chi connectivity index (χ3n) is 4.29. The summed E-state index contributed by atoms with van der Waals surface area (Å²) >= 11 is 1.44. The van der Waals surface area contributed by atoms with Crippen molar-refractivity contribution in [3.8, 4) is 0 Å². The molecule has 2 aromatic carbocycles. The number of thioether (sulfide) groups is 1. The zero-order valence-corrected chi connectivity index (χ0v) is 16.2. The summed E-state index contributed by atoms with van der Waals surface area (Å²) < 4.78 is 5.34. The Morgan fingerprint density at radius 3 is 2.26 bits per heavy atom. The molecule has 5 heteroatoms. The Morgan fingerprint density at radius 2 is 1.59 bits per heavy atom. The fourth-order valence-electron chi connectivity index (χ4n) is 2.95. The number of imide groups is 1. The van der Waals surface area contributed by atoms with E-state index in [9.17, 15) is 9.59 Å². The molecule has 0 aromatic heterocycles. The molecular formula is C22H23NO3S. The highest BCUT2D eigenvalue weighted by Crippen LogP contribution is 2.37. The lowest BCUT2D eigenvalue weighted by Gasteiger charge is -2.15. The average molecular weight is 381 g/mol. The van der Waals surface area contributed by atoms with Crippen LogP contribution in [0.3, 0.4) is 0 Å². The van der Waals surface area contributed by atoms with Gasteiger partial charge in [-0.15, -0.1) is 11.8 Å². The first-order valence-electron chi connectivity index (χ1n) is 9.12. The molecule has 140 valence electrons. The molecular weight excluding hydrogens is 358 g/mol. The number of carbonyl (C=O) groups excluding carboxylic acids is 2. The largest absolute Gasteiger partial charge is 0.382 e. The second-order valence-corrected chi connectivity index (χ2v) is 7.14. The minimum absolute atomic E-state index is 0.198. The minimum atomic E-state index is -0.210. The van der Waals surface area contributed by atoms with E-state index in [4.69, 9.17) is 4.74 Å². The molecule has 0 spiro atoms. The summed E-state index contributed by atoms with van der Waals surface area (Å²) in [6.07, 6.45) is 0.643. The van der Waals surface area contributed by atoms with Gasteiger partial charge in [0, 0.05) is 25.5 Å². The van der Waals surface area contributed by atoms with E-state index in [-0.39, 0.29) is 11.8 Å². The van der Waals surface area contributed by atoms with Crippen LogP contribution in [0.25, 0.3) is 5.57 Å². The summed E-state index contributed by atoms with van der Waals surface area (Å²) in [6, 6.07) is 19.4. The van der Waals surface area contributed by atoms with Gasteiger partial charge in [0.25, 0.3) is 11.8 Å². The van der Waals surface area contributed by atoms with Crippen molar-refractivity contribution in [1.82, 2.24) is 4.90 Å². The molecule has 0 saturated heterocycles. The van der Waals surface area contributed by atoms with Crippen molar-refractivity contribution in [3.05, 3.63) is 76.7 Å². The zero-order valence-electron chi connectivity index (χ0n) is 15.4. The first kappa shape index (κ1) is 19.4. The van der Waals surface area contributed by atoms with Gasteiger partial charge in [0.1, 0.15) is 0 Å². The quantitative estimate of drug-likeness (QED) is 0.484. The van der Waals surface area contributed by atoms with Crippen LogP contribution in [0.4, 0.5) is 0 Å². The van der Waals surface area contributed by atoms with Crippen molar-refractivity contribution < 1.29 is 14.3 Å². The highest BCUT2D eigenvalue weighted by molar-refractivity contribution is 8.03. The first-order valence-corrected chi connectivity index (χ1v) is 10.1. The zero-order chi connectivity index (χ0) is 19.1. The van der Waals surface area contributed by atoms with Crippen LogP contribution in [0.2, 0.25) is 0 Å². The van der Waals surface area contributed by atoms with Gasteiger partial charge in [-0.25, -0.2) is 0 Å². The molecule has 1 heterocycles. The van der Waals surface area contributed by atoms with Gasteiger partial charge in [0.05, 0.1) is 10.5 Å². The number of amides is 2. The van der Waals surface area contributed by atoms with Gasteiger partial charge >= 0.3 is 0 Å². The Balaban J connectivity index is 1.82. The van der Waals surface area contributed by atoms with Crippen LogP contribution in [0.5, 0.6) is 0 Å². The van der Waals surface area contributed by atoms with E-state index in [0.29, 0.717) is 42.4 Å². The van der Waals surface area contributed by atoms with Crippen LogP contribution < -0.4 is 0 Å². The third kappa shape index (κ3) is 4.67. The second-order valence-electron chi connectivity index (χ2n) is 6.16. The Kier molecular flexibility index (Phi) is 6.85. The summed E-state index contributed by atoms with van der Waals surface area (Å²) in [5.41, 5.74) is 2.43. The lowest BCUT2D eigenvalue weighted by atomic mass is 10.1. The second kappa shape index (κ2) is 9.53. The molecule has 0 bridgehead atoms. The molecule has 27 heavy (non-hydrogen) atoms.